The predicted molar refractivity (Wildman–Crippen MR) is 61.2 cm³/mol. The fourth-order valence-corrected chi connectivity index (χ4v) is 2.10. The average molecular weight is 232 g/mol. The number of hydrogen-bond acceptors (Lipinski definition) is 5. The van der Waals surface area contributed by atoms with Crippen LogP contribution in [0, 0.1) is 5.92 Å². The number of rotatable bonds is 2. The second-order valence-corrected chi connectivity index (χ2v) is 4.11. The standard InChI is InChI=1S/C10H12N6O/c11-2-6-1-7(17)16(3-6)10-8-9(13-4-12-8)14-5-15-10/h4-6H,1-3,11H2,(H,12,13,14,15). The number of fused-ring (bicyclic) bond motifs is 1. The van der Waals surface area contributed by atoms with E-state index in [0.717, 1.165) is 0 Å². The van der Waals surface area contributed by atoms with Crippen LogP contribution in [-0.2, 0) is 4.79 Å². The summed E-state index contributed by atoms with van der Waals surface area (Å²) in [5.74, 6) is 0.846. The molecule has 0 bridgehead atoms. The van der Waals surface area contributed by atoms with Crippen molar-refractivity contribution in [3.8, 4) is 0 Å². The number of H-pyrrole nitrogens is 1. The first kappa shape index (κ1) is 10.2. The Morgan fingerprint density at radius 3 is 3.12 bits per heavy atom. The summed E-state index contributed by atoms with van der Waals surface area (Å²) in [6.07, 6.45) is 3.45. The molecule has 3 heterocycles. The lowest BCUT2D eigenvalue weighted by molar-refractivity contribution is -0.117. The molecule has 7 heteroatoms. The number of nitrogens with two attached hydrogens (primary N) is 1. The lowest BCUT2D eigenvalue weighted by Gasteiger charge is -2.15. The largest absolute Gasteiger partial charge is 0.340 e. The van der Waals surface area contributed by atoms with Gasteiger partial charge in [-0.25, -0.2) is 15.0 Å². The Kier molecular flexibility index (Phi) is 2.25. The van der Waals surface area contributed by atoms with Crippen molar-refractivity contribution in [3.63, 3.8) is 0 Å². The lowest BCUT2D eigenvalue weighted by Crippen LogP contribution is -2.27. The third-order valence-electron chi connectivity index (χ3n) is 3.00. The van der Waals surface area contributed by atoms with Gasteiger partial charge in [0.25, 0.3) is 0 Å². The molecule has 0 radical (unpaired) electrons. The number of carbonyl (C=O) groups is 1. The molecule has 3 N–H and O–H groups in total. The van der Waals surface area contributed by atoms with Gasteiger partial charge in [-0.05, 0) is 12.5 Å². The van der Waals surface area contributed by atoms with Gasteiger partial charge in [0.1, 0.15) is 11.8 Å². The fourth-order valence-electron chi connectivity index (χ4n) is 2.10. The minimum Gasteiger partial charge on any atom is -0.340 e. The first-order valence-electron chi connectivity index (χ1n) is 5.44. The summed E-state index contributed by atoms with van der Waals surface area (Å²) < 4.78 is 0. The van der Waals surface area contributed by atoms with E-state index >= 15 is 0 Å². The van der Waals surface area contributed by atoms with E-state index in [9.17, 15) is 4.79 Å². The molecule has 0 aliphatic carbocycles. The number of aromatic amines is 1. The summed E-state index contributed by atoms with van der Waals surface area (Å²) in [5, 5.41) is 0. The topological polar surface area (TPSA) is 101 Å². The minimum absolute atomic E-state index is 0.0510. The van der Waals surface area contributed by atoms with E-state index in [0.29, 0.717) is 36.5 Å². The fraction of sp³-hybridized carbons (Fsp3) is 0.400. The molecular formula is C10H12N6O. The van der Waals surface area contributed by atoms with Crippen molar-refractivity contribution >= 4 is 22.9 Å². The summed E-state index contributed by atoms with van der Waals surface area (Å²) in [5.41, 5.74) is 6.86. The highest BCUT2D eigenvalue weighted by atomic mass is 16.2. The zero-order valence-corrected chi connectivity index (χ0v) is 9.13. The summed E-state index contributed by atoms with van der Waals surface area (Å²) in [7, 11) is 0. The number of imidazole rings is 1. The third kappa shape index (κ3) is 1.55. The van der Waals surface area contributed by atoms with Crippen molar-refractivity contribution in [2.75, 3.05) is 18.0 Å². The van der Waals surface area contributed by atoms with Gasteiger partial charge in [0.15, 0.2) is 11.5 Å². The van der Waals surface area contributed by atoms with Gasteiger partial charge in [-0.15, -0.1) is 0 Å². The molecule has 2 aromatic rings. The maximum Gasteiger partial charge on any atom is 0.228 e. The molecule has 1 saturated heterocycles. The minimum atomic E-state index is 0.0510. The predicted octanol–water partition coefficient (Wildman–Crippen LogP) is -0.336. The quantitative estimate of drug-likeness (QED) is 0.738. The van der Waals surface area contributed by atoms with Gasteiger partial charge in [-0.3, -0.25) is 9.69 Å². The van der Waals surface area contributed by atoms with Crippen LogP contribution in [0.2, 0.25) is 0 Å². The molecule has 1 unspecified atom stereocenters. The van der Waals surface area contributed by atoms with Crippen molar-refractivity contribution in [1.82, 2.24) is 19.9 Å². The Bertz CT molecular complexity index is 565. The summed E-state index contributed by atoms with van der Waals surface area (Å²) >= 11 is 0. The van der Waals surface area contributed by atoms with Gasteiger partial charge in [-0.2, -0.15) is 0 Å². The molecule has 17 heavy (non-hydrogen) atoms. The van der Waals surface area contributed by atoms with Crippen LogP contribution in [0.5, 0.6) is 0 Å². The first-order valence-corrected chi connectivity index (χ1v) is 5.44. The molecule has 0 spiro atoms. The Hall–Kier alpha value is -2.02. The normalized spacial score (nSPS) is 20.4. The number of amides is 1. The zero-order chi connectivity index (χ0) is 11.8. The van der Waals surface area contributed by atoms with Crippen LogP contribution in [-0.4, -0.2) is 38.9 Å². The molecule has 0 aromatic carbocycles. The van der Waals surface area contributed by atoms with Crippen LogP contribution >= 0.6 is 0 Å². The van der Waals surface area contributed by atoms with Crippen molar-refractivity contribution in [3.05, 3.63) is 12.7 Å². The zero-order valence-electron chi connectivity index (χ0n) is 9.13. The summed E-state index contributed by atoms with van der Waals surface area (Å²) in [6, 6.07) is 0. The summed E-state index contributed by atoms with van der Waals surface area (Å²) in [4.78, 5) is 28.7. The number of nitrogens with one attached hydrogen (secondary N) is 1. The Labute approximate surface area is 97.1 Å². The number of carbonyl (C=O) groups excluding carboxylic acids is 1. The Balaban J connectivity index is 2.04. The van der Waals surface area contributed by atoms with Gasteiger partial charge in [0.05, 0.1) is 6.33 Å². The van der Waals surface area contributed by atoms with Crippen molar-refractivity contribution in [2.24, 2.45) is 11.7 Å². The smallest absolute Gasteiger partial charge is 0.228 e. The Morgan fingerprint density at radius 2 is 2.35 bits per heavy atom. The van der Waals surface area contributed by atoms with Crippen LogP contribution < -0.4 is 10.6 Å². The molecule has 0 saturated carbocycles. The second kappa shape index (κ2) is 3.77. The number of hydrogen-bond donors (Lipinski definition) is 2. The second-order valence-electron chi connectivity index (χ2n) is 4.11. The van der Waals surface area contributed by atoms with Gasteiger partial charge in [-0.1, -0.05) is 0 Å². The SMILES string of the molecule is NCC1CC(=O)N(c2ncnc3nc[nH]c23)C1. The number of anilines is 1. The van der Waals surface area contributed by atoms with E-state index in [4.69, 9.17) is 5.73 Å². The molecule has 1 aliphatic rings. The third-order valence-corrected chi connectivity index (χ3v) is 3.00. The van der Waals surface area contributed by atoms with Gasteiger partial charge < -0.3 is 10.7 Å². The van der Waals surface area contributed by atoms with E-state index in [-0.39, 0.29) is 11.8 Å². The van der Waals surface area contributed by atoms with Gasteiger partial charge in [0, 0.05) is 13.0 Å². The number of aromatic nitrogens is 4. The molecule has 7 nitrogen and oxygen atoms in total. The molecule has 3 rings (SSSR count). The highest BCUT2D eigenvalue weighted by molar-refractivity contribution is 6.00. The molecule has 1 fully saturated rings. The maximum atomic E-state index is 11.9. The van der Waals surface area contributed by atoms with Crippen LogP contribution in [0.4, 0.5) is 5.82 Å². The van der Waals surface area contributed by atoms with Crippen molar-refractivity contribution in [1.29, 1.82) is 0 Å². The lowest BCUT2D eigenvalue weighted by atomic mass is 10.1. The van der Waals surface area contributed by atoms with E-state index < -0.39 is 0 Å². The highest BCUT2D eigenvalue weighted by Gasteiger charge is 2.31. The number of nitrogens with zero attached hydrogens (tertiary/aromatic N) is 4. The van der Waals surface area contributed by atoms with E-state index in [1.165, 1.54) is 6.33 Å². The van der Waals surface area contributed by atoms with Gasteiger partial charge >= 0.3 is 0 Å². The van der Waals surface area contributed by atoms with Crippen molar-refractivity contribution in [2.45, 2.75) is 6.42 Å². The molecular weight excluding hydrogens is 220 g/mol. The van der Waals surface area contributed by atoms with E-state index in [2.05, 4.69) is 19.9 Å². The van der Waals surface area contributed by atoms with Crippen molar-refractivity contribution < 1.29 is 4.79 Å². The molecule has 1 amide bonds. The molecule has 1 aliphatic heterocycles. The van der Waals surface area contributed by atoms with E-state index in [1.807, 2.05) is 0 Å². The van der Waals surface area contributed by atoms with Crippen LogP contribution in [0.25, 0.3) is 11.2 Å². The van der Waals surface area contributed by atoms with Gasteiger partial charge in [0.2, 0.25) is 5.91 Å². The van der Waals surface area contributed by atoms with Crippen LogP contribution in [0.3, 0.4) is 0 Å². The average Bonchev–Trinajstić information content (AvgIpc) is 2.94. The Morgan fingerprint density at radius 1 is 1.47 bits per heavy atom. The maximum absolute atomic E-state index is 11.9. The van der Waals surface area contributed by atoms with Crippen LogP contribution in [0.1, 0.15) is 6.42 Å². The first-order chi connectivity index (χ1) is 8.29. The highest BCUT2D eigenvalue weighted by Crippen LogP contribution is 2.26. The van der Waals surface area contributed by atoms with E-state index in [1.54, 1.807) is 11.2 Å². The van der Waals surface area contributed by atoms with Crippen LogP contribution in [0.15, 0.2) is 12.7 Å². The molecule has 88 valence electrons. The monoisotopic (exact) mass is 232 g/mol. The molecule has 1 atom stereocenters. The molecule has 2 aromatic heterocycles. The summed E-state index contributed by atoms with van der Waals surface area (Å²) in [6.45, 7) is 1.12.